The lowest BCUT2D eigenvalue weighted by Crippen LogP contribution is -2.02. The van der Waals surface area contributed by atoms with Crippen LogP contribution >= 0.6 is 43.5 Å². The van der Waals surface area contributed by atoms with E-state index in [1.807, 2.05) is 19.1 Å². The first-order valence-electron chi connectivity index (χ1n) is 5.87. The average molecular weight is 423 g/mol. The summed E-state index contributed by atoms with van der Waals surface area (Å²) < 4.78 is 20.9. The van der Waals surface area contributed by atoms with E-state index >= 15 is 0 Å². The van der Waals surface area contributed by atoms with Gasteiger partial charge in [-0.2, -0.15) is 0 Å². The highest BCUT2D eigenvalue weighted by atomic mass is 79.9. The van der Waals surface area contributed by atoms with Crippen LogP contribution in [0, 0.1) is 12.7 Å². The molecular weight excluding hydrogens is 410 g/mol. The van der Waals surface area contributed by atoms with Crippen molar-refractivity contribution in [1.82, 2.24) is 0 Å². The van der Waals surface area contributed by atoms with Crippen molar-refractivity contribution in [2.45, 2.75) is 12.3 Å². The zero-order chi connectivity index (χ0) is 14.9. The molecule has 5 heteroatoms. The Balaban J connectivity index is 2.59. The standard InChI is InChI=1S/C15H12Br2ClFO/c1-8-6-13(20-2)9(7-11(8)17)15(18)14-10(16)4-3-5-12(14)19/h3-7,15H,1-2H3. The van der Waals surface area contributed by atoms with Crippen LogP contribution in [0.15, 0.2) is 39.3 Å². The lowest BCUT2D eigenvalue weighted by molar-refractivity contribution is 0.409. The maximum absolute atomic E-state index is 14.0. The third-order valence-electron chi connectivity index (χ3n) is 3.04. The number of aryl methyl sites for hydroxylation is 1. The summed E-state index contributed by atoms with van der Waals surface area (Å²) in [6.45, 7) is 1.96. The molecule has 2 aromatic rings. The number of hydrogen-bond acceptors (Lipinski definition) is 1. The van der Waals surface area contributed by atoms with Gasteiger partial charge in [-0.1, -0.05) is 37.9 Å². The summed E-state index contributed by atoms with van der Waals surface area (Å²) in [4.78, 5) is 0. The predicted octanol–water partition coefficient (Wildman–Crippen LogP) is 6.00. The molecule has 0 saturated heterocycles. The quantitative estimate of drug-likeness (QED) is 0.552. The van der Waals surface area contributed by atoms with Crippen LogP contribution in [0.3, 0.4) is 0 Å². The Hall–Kier alpha value is -0.580. The Morgan fingerprint density at radius 3 is 2.50 bits per heavy atom. The minimum atomic E-state index is -0.641. The smallest absolute Gasteiger partial charge is 0.129 e. The molecular formula is C15H12Br2ClFO. The first kappa shape index (κ1) is 15.8. The summed E-state index contributed by atoms with van der Waals surface area (Å²) >= 11 is 13.3. The van der Waals surface area contributed by atoms with Gasteiger partial charge in [-0.25, -0.2) is 4.39 Å². The van der Waals surface area contributed by atoms with E-state index in [-0.39, 0.29) is 5.82 Å². The topological polar surface area (TPSA) is 9.23 Å². The largest absolute Gasteiger partial charge is 0.496 e. The number of ether oxygens (including phenoxy) is 1. The highest BCUT2D eigenvalue weighted by molar-refractivity contribution is 9.10. The molecule has 0 saturated carbocycles. The Kier molecular flexibility index (Phi) is 5.10. The molecule has 0 aliphatic carbocycles. The SMILES string of the molecule is COc1cc(C)c(Br)cc1C(Cl)c1c(F)cccc1Br. The molecule has 0 radical (unpaired) electrons. The Labute approximate surface area is 139 Å². The molecule has 20 heavy (non-hydrogen) atoms. The third kappa shape index (κ3) is 3.02. The van der Waals surface area contributed by atoms with Gasteiger partial charge in [0, 0.05) is 20.1 Å². The van der Waals surface area contributed by atoms with Gasteiger partial charge in [-0.15, -0.1) is 11.6 Å². The van der Waals surface area contributed by atoms with Crippen molar-refractivity contribution in [1.29, 1.82) is 0 Å². The van der Waals surface area contributed by atoms with Crippen molar-refractivity contribution in [2.24, 2.45) is 0 Å². The molecule has 2 rings (SSSR count). The Bertz CT molecular complexity index is 626. The lowest BCUT2D eigenvalue weighted by Gasteiger charge is -2.17. The van der Waals surface area contributed by atoms with E-state index in [1.165, 1.54) is 6.07 Å². The highest BCUT2D eigenvalue weighted by Gasteiger charge is 2.22. The van der Waals surface area contributed by atoms with Crippen LogP contribution < -0.4 is 4.74 Å². The fraction of sp³-hybridized carbons (Fsp3) is 0.200. The summed E-state index contributed by atoms with van der Waals surface area (Å²) in [7, 11) is 1.58. The predicted molar refractivity (Wildman–Crippen MR) is 87.2 cm³/mol. The van der Waals surface area contributed by atoms with Gasteiger partial charge in [-0.05, 0) is 36.8 Å². The number of benzene rings is 2. The monoisotopic (exact) mass is 420 g/mol. The van der Waals surface area contributed by atoms with Crippen molar-refractivity contribution in [2.75, 3.05) is 7.11 Å². The van der Waals surface area contributed by atoms with E-state index in [2.05, 4.69) is 31.9 Å². The fourth-order valence-corrected chi connectivity index (χ4v) is 3.41. The molecule has 106 valence electrons. The number of hydrogen-bond donors (Lipinski definition) is 0. The number of methoxy groups -OCH3 is 1. The van der Waals surface area contributed by atoms with Gasteiger partial charge in [-0.3, -0.25) is 0 Å². The lowest BCUT2D eigenvalue weighted by atomic mass is 10.0. The van der Waals surface area contributed by atoms with E-state index in [9.17, 15) is 4.39 Å². The third-order valence-corrected chi connectivity index (χ3v) is 5.04. The van der Waals surface area contributed by atoms with Crippen molar-refractivity contribution in [3.8, 4) is 5.75 Å². The number of halogens is 4. The molecule has 1 unspecified atom stereocenters. The van der Waals surface area contributed by atoms with Gasteiger partial charge >= 0.3 is 0 Å². The molecule has 0 aromatic heterocycles. The Morgan fingerprint density at radius 2 is 1.90 bits per heavy atom. The second-order valence-corrected chi connectivity index (χ2v) is 6.49. The van der Waals surface area contributed by atoms with Crippen molar-refractivity contribution < 1.29 is 9.13 Å². The van der Waals surface area contributed by atoms with Crippen molar-refractivity contribution in [3.05, 3.63) is 61.8 Å². The normalized spacial score (nSPS) is 12.3. The number of alkyl halides is 1. The molecule has 0 N–H and O–H groups in total. The highest BCUT2D eigenvalue weighted by Crippen LogP contribution is 2.41. The van der Waals surface area contributed by atoms with E-state index in [4.69, 9.17) is 16.3 Å². The van der Waals surface area contributed by atoms with Crippen LogP contribution in [0.5, 0.6) is 5.75 Å². The Morgan fingerprint density at radius 1 is 1.20 bits per heavy atom. The summed E-state index contributed by atoms with van der Waals surface area (Å²) in [5.41, 5.74) is 2.16. The van der Waals surface area contributed by atoms with Gasteiger partial charge in [0.25, 0.3) is 0 Å². The van der Waals surface area contributed by atoms with Crippen molar-refractivity contribution >= 4 is 43.5 Å². The molecule has 0 heterocycles. The van der Waals surface area contributed by atoms with E-state index in [1.54, 1.807) is 19.2 Å². The molecule has 0 aliphatic heterocycles. The first-order chi connectivity index (χ1) is 9.45. The van der Waals surface area contributed by atoms with Gasteiger partial charge < -0.3 is 4.74 Å². The maximum atomic E-state index is 14.0. The second kappa shape index (κ2) is 6.46. The molecule has 0 bridgehead atoms. The van der Waals surface area contributed by atoms with E-state index in [0.29, 0.717) is 15.8 Å². The molecule has 1 nitrogen and oxygen atoms in total. The fourth-order valence-electron chi connectivity index (χ4n) is 1.95. The summed E-state index contributed by atoms with van der Waals surface area (Å²) in [5, 5.41) is -0.641. The average Bonchev–Trinajstić information content (AvgIpc) is 2.41. The zero-order valence-electron chi connectivity index (χ0n) is 10.9. The van der Waals surface area contributed by atoms with Gasteiger partial charge in [0.1, 0.15) is 11.6 Å². The van der Waals surface area contributed by atoms with Gasteiger partial charge in [0.05, 0.1) is 12.5 Å². The van der Waals surface area contributed by atoms with Crippen LogP contribution in [-0.4, -0.2) is 7.11 Å². The molecule has 0 spiro atoms. The summed E-state index contributed by atoms with van der Waals surface area (Å²) in [5.74, 6) is 0.291. The molecule has 0 amide bonds. The van der Waals surface area contributed by atoms with Crippen LogP contribution in [0.2, 0.25) is 0 Å². The van der Waals surface area contributed by atoms with Gasteiger partial charge in [0.2, 0.25) is 0 Å². The van der Waals surface area contributed by atoms with Crippen LogP contribution in [0.4, 0.5) is 4.39 Å². The van der Waals surface area contributed by atoms with Crippen LogP contribution in [-0.2, 0) is 0 Å². The van der Waals surface area contributed by atoms with Crippen LogP contribution in [0.25, 0.3) is 0 Å². The van der Waals surface area contributed by atoms with E-state index < -0.39 is 5.38 Å². The van der Waals surface area contributed by atoms with Crippen LogP contribution in [0.1, 0.15) is 22.1 Å². The minimum absolute atomic E-state index is 0.349. The van der Waals surface area contributed by atoms with E-state index in [0.717, 1.165) is 15.6 Å². The second-order valence-electron chi connectivity index (χ2n) is 4.34. The summed E-state index contributed by atoms with van der Waals surface area (Å²) in [6.07, 6.45) is 0. The molecule has 2 aromatic carbocycles. The molecule has 0 aliphatic rings. The van der Waals surface area contributed by atoms with Gasteiger partial charge in [0.15, 0.2) is 0 Å². The first-order valence-corrected chi connectivity index (χ1v) is 7.90. The molecule has 1 atom stereocenters. The number of rotatable bonds is 3. The zero-order valence-corrected chi connectivity index (χ0v) is 14.8. The molecule has 0 fully saturated rings. The minimum Gasteiger partial charge on any atom is -0.496 e. The van der Waals surface area contributed by atoms with Crippen molar-refractivity contribution in [3.63, 3.8) is 0 Å². The summed E-state index contributed by atoms with van der Waals surface area (Å²) in [6, 6.07) is 8.54. The maximum Gasteiger partial charge on any atom is 0.129 e.